The van der Waals surface area contributed by atoms with Crippen molar-refractivity contribution in [2.45, 2.75) is 0 Å². The Bertz CT molecular complexity index is 906. The van der Waals surface area contributed by atoms with Crippen LogP contribution in [0.25, 0.3) is 0 Å². The molecule has 0 atom stereocenters. The highest BCUT2D eigenvalue weighted by molar-refractivity contribution is 5.14. The van der Waals surface area contributed by atoms with Crippen LogP contribution in [-0.4, -0.2) is 109 Å². The predicted octanol–water partition coefficient (Wildman–Crippen LogP) is 0.793. The third kappa shape index (κ3) is 11.1. The number of rotatable bonds is 0. The Morgan fingerprint density at radius 3 is 0.718 bits per heavy atom. The quantitative estimate of drug-likeness (QED) is 0.389. The van der Waals surface area contributed by atoms with Crippen molar-refractivity contribution in [2.24, 2.45) is 0 Å². The molecule has 0 spiro atoms. The maximum atomic E-state index is 5.56. The van der Waals surface area contributed by atoms with Gasteiger partial charge >= 0.3 is 0 Å². The summed E-state index contributed by atoms with van der Waals surface area (Å²) in [6.07, 6.45) is 8.97. The number of hydrogen-bond donors (Lipinski definition) is 0. The highest BCUT2D eigenvalue weighted by atomic mass is 16.6. The molecule has 0 saturated carbocycles. The highest BCUT2D eigenvalue weighted by Gasteiger charge is 2.05. The lowest BCUT2D eigenvalue weighted by atomic mass is 10.6. The first-order valence-corrected chi connectivity index (χ1v) is 12.3. The van der Waals surface area contributed by atoms with E-state index in [-0.39, 0.29) is 39.6 Å². The van der Waals surface area contributed by atoms with Crippen molar-refractivity contribution < 1.29 is 42.6 Å². The van der Waals surface area contributed by atoms with Gasteiger partial charge in [-0.15, -0.1) is 0 Å². The second-order valence-corrected chi connectivity index (χ2v) is 7.51. The number of fused-ring (bicyclic) bond motifs is 6. The van der Waals surface area contributed by atoms with Gasteiger partial charge in [0.05, 0.1) is 76.8 Å². The highest BCUT2D eigenvalue weighted by Crippen LogP contribution is 2.13. The minimum Gasteiger partial charge on any atom is -0.474 e. The normalized spacial score (nSPS) is 16.9. The minimum absolute atomic E-state index is 0.284. The minimum atomic E-state index is 0.284. The molecule has 4 heterocycles. The maximum absolute atomic E-state index is 5.56. The third-order valence-corrected chi connectivity index (χ3v) is 4.64. The molecule has 0 radical (unpaired) electrons. The largest absolute Gasteiger partial charge is 0.474 e. The van der Waals surface area contributed by atoms with Crippen LogP contribution in [0.4, 0.5) is 0 Å². The molecule has 0 fully saturated rings. The van der Waals surface area contributed by atoms with Crippen molar-refractivity contribution in [1.82, 2.24) is 29.9 Å². The molecule has 3 aromatic rings. The van der Waals surface area contributed by atoms with Crippen LogP contribution in [0.3, 0.4) is 0 Å². The SMILES string of the molecule is c1ncc2nc1OCCOCCOc1cncc(n1)OCCOCCOc1cncc(n1)OCCOCCO2. The molecule has 15 heteroatoms. The molecule has 0 saturated heterocycles. The molecule has 39 heavy (non-hydrogen) atoms. The Balaban J connectivity index is 1.25. The summed E-state index contributed by atoms with van der Waals surface area (Å²) in [5.74, 6) is 1.95. The third-order valence-electron chi connectivity index (χ3n) is 4.64. The van der Waals surface area contributed by atoms with Gasteiger partial charge in [-0.1, -0.05) is 0 Å². The van der Waals surface area contributed by atoms with Gasteiger partial charge in [0.25, 0.3) is 0 Å². The van der Waals surface area contributed by atoms with Crippen LogP contribution in [0.5, 0.6) is 35.3 Å². The van der Waals surface area contributed by atoms with Crippen molar-refractivity contribution in [3.63, 3.8) is 0 Å². The molecular weight excluding hydrogens is 516 g/mol. The van der Waals surface area contributed by atoms with E-state index >= 15 is 0 Å². The Labute approximate surface area is 224 Å². The molecule has 0 N–H and O–H groups in total. The first-order valence-electron chi connectivity index (χ1n) is 12.3. The van der Waals surface area contributed by atoms with Crippen molar-refractivity contribution in [1.29, 1.82) is 0 Å². The van der Waals surface area contributed by atoms with Gasteiger partial charge < -0.3 is 42.6 Å². The molecule has 15 nitrogen and oxygen atoms in total. The van der Waals surface area contributed by atoms with Gasteiger partial charge in [-0.3, -0.25) is 15.0 Å². The Morgan fingerprint density at radius 1 is 0.308 bits per heavy atom. The first-order chi connectivity index (χ1) is 19.3. The fourth-order valence-corrected chi connectivity index (χ4v) is 2.95. The summed E-state index contributed by atoms with van der Waals surface area (Å²) in [5.41, 5.74) is 0. The summed E-state index contributed by atoms with van der Waals surface area (Å²) in [5, 5.41) is 0. The second-order valence-electron chi connectivity index (χ2n) is 7.51. The van der Waals surface area contributed by atoms with Crippen LogP contribution in [0, 0.1) is 0 Å². The molecular formula is C24H30N6O9. The fraction of sp³-hybridized carbons (Fsp3) is 0.500. The van der Waals surface area contributed by atoms with Crippen molar-refractivity contribution in [2.75, 3.05) is 79.3 Å². The van der Waals surface area contributed by atoms with Crippen LogP contribution in [0.1, 0.15) is 0 Å². The average molecular weight is 547 g/mol. The molecule has 1 aliphatic heterocycles. The average Bonchev–Trinajstić information content (AvgIpc) is 2.96. The molecule has 0 unspecified atom stereocenters. The van der Waals surface area contributed by atoms with E-state index in [1.165, 1.54) is 37.2 Å². The van der Waals surface area contributed by atoms with Gasteiger partial charge in [-0.25, -0.2) is 0 Å². The summed E-state index contributed by atoms with van der Waals surface area (Å²) >= 11 is 0. The number of nitrogens with zero attached hydrogens (tertiary/aromatic N) is 6. The lowest BCUT2D eigenvalue weighted by molar-refractivity contribution is 0.0681. The van der Waals surface area contributed by atoms with Gasteiger partial charge in [0.1, 0.15) is 39.6 Å². The summed E-state index contributed by atoms with van der Waals surface area (Å²) in [6, 6.07) is 0. The lowest BCUT2D eigenvalue weighted by Gasteiger charge is -2.11. The first kappa shape index (κ1) is 27.9. The van der Waals surface area contributed by atoms with Gasteiger partial charge in [0.15, 0.2) is 0 Å². The predicted molar refractivity (Wildman–Crippen MR) is 132 cm³/mol. The molecule has 6 bridgehead atoms. The number of ether oxygens (including phenoxy) is 9. The van der Waals surface area contributed by atoms with E-state index in [9.17, 15) is 0 Å². The topological polar surface area (TPSA) is 160 Å². The zero-order valence-electron chi connectivity index (χ0n) is 21.3. The molecule has 0 amide bonds. The van der Waals surface area contributed by atoms with Gasteiger partial charge in [0.2, 0.25) is 35.3 Å². The molecule has 210 valence electrons. The summed E-state index contributed by atoms with van der Waals surface area (Å²) in [7, 11) is 0. The van der Waals surface area contributed by atoms with Crippen LogP contribution < -0.4 is 28.4 Å². The van der Waals surface area contributed by atoms with Crippen LogP contribution in [0.15, 0.2) is 37.2 Å². The molecule has 4 rings (SSSR count). The van der Waals surface area contributed by atoms with E-state index in [0.717, 1.165) is 0 Å². The van der Waals surface area contributed by atoms with Crippen LogP contribution in [0.2, 0.25) is 0 Å². The summed E-state index contributed by atoms with van der Waals surface area (Å²) in [4.78, 5) is 25.0. The van der Waals surface area contributed by atoms with Gasteiger partial charge in [-0.2, -0.15) is 15.0 Å². The van der Waals surface area contributed by atoms with Gasteiger partial charge in [-0.05, 0) is 0 Å². The summed E-state index contributed by atoms with van der Waals surface area (Å²) in [6.45, 7) is 3.71. The number of aromatic nitrogens is 6. The summed E-state index contributed by atoms with van der Waals surface area (Å²) < 4.78 is 49.9. The maximum Gasteiger partial charge on any atom is 0.235 e. The second kappa shape index (κ2) is 16.7. The van der Waals surface area contributed by atoms with Crippen LogP contribution in [-0.2, 0) is 14.2 Å². The molecule has 1 aliphatic rings. The van der Waals surface area contributed by atoms with Crippen molar-refractivity contribution in [3.05, 3.63) is 37.2 Å². The zero-order valence-corrected chi connectivity index (χ0v) is 21.3. The van der Waals surface area contributed by atoms with E-state index in [1.807, 2.05) is 0 Å². The van der Waals surface area contributed by atoms with E-state index in [0.29, 0.717) is 74.9 Å². The Morgan fingerprint density at radius 2 is 0.513 bits per heavy atom. The molecule has 0 aliphatic carbocycles. The van der Waals surface area contributed by atoms with E-state index in [4.69, 9.17) is 42.6 Å². The van der Waals surface area contributed by atoms with E-state index in [2.05, 4.69) is 29.9 Å². The fourth-order valence-electron chi connectivity index (χ4n) is 2.95. The Hall–Kier alpha value is -4.08. The molecule has 0 aromatic carbocycles. The van der Waals surface area contributed by atoms with E-state index in [1.54, 1.807) is 0 Å². The van der Waals surface area contributed by atoms with Gasteiger partial charge in [0, 0.05) is 0 Å². The standard InChI is InChI=1S/C24H30N6O9/c1-7-34-19-13-25-14-20(28-19)36-9-3-32-5-11-38-23-17-27-18-24(30-23)39-12-6-33-4-10-37-22-16-26-15-21(29-22)35-8-2-31-1/h13-18H,1-12H2. The molecule has 3 aromatic heterocycles. The van der Waals surface area contributed by atoms with Crippen molar-refractivity contribution in [3.8, 4) is 35.3 Å². The lowest BCUT2D eigenvalue weighted by Crippen LogP contribution is -2.15. The number of hydrogen-bond acceptors (Lipinski definition) is 15. The Kier molecular flexibility index (Phi) is 12.0. The van der Waals surface area contributed by atoms with Crippen LogP contribution >= 0.6 is 0 Å². The zero-order chi connectivity index (χ0) is 26.8. The monoisotopic (exact) mass is 546 g/mol. The van der Waals surface area contributed by atoms with Crippen molar-refractivity contribution >= 4 is 0 Å². The smallest absolute Gasteiger partial charge is 0.235 e. The van der Waals surface area contributed by atoms with E-state index < -0.39 is 0 Å².